The monoisotopic (exact) mass is 274 g/mol. The third-order valence-electron chi connectivity index (χ3n) is 5.17. The maximum absolute atomic E-state index is 10.3. The van der Waals surface area contributed by atoms with E-state index in [-0.39, 0.29) is 6.10 Å². The van der Waals surface area contributed by atoms with Gasteiger partial charge in [0, 0.05) is 36.4 Å². The molecule has 2 heterocycles. The van der Waals surface area contributed by atoms with Crippen LogP contribution < -0.4 is 4.90 Å². The molecule has 1 aromatic rings. The van der Waals surface area contributed by atoms with Crippen LogP contribution in [0.4, 0.5) is 5.69 Å². The number of likely N-dealkylation sites (N-methyl/N-ethyl adjacent to an activating group) is 1. The predicted molar refractivity (Wildman–Crippen MR) is 83.1 cm³/mol. The van der Waals surface area contributed by atoms with E-state index in [9.17, 15) is 5.11 Å². The van der Waals surface area contributed by atoms with E-state index in [1.807, 2.05) is 13.0 Å². The summed E-state index contributed by atoms with van der Waals surface area (Å²) in [6.45, 7) is 4.25. The zero-order chi connectivity index (χ0) is 14.1. The van der Waals surface area contributed by atoms with Gasteiger partial charge in [-0.25, -0.2) is 0 Å². The van der Waals surface area contributed by atoms with Crippen molar-refractivity contribution in [2.24, 2.45) is 0 Å². The van der Waals surface area contributed by atoms with Crippen molar-refractivity contribution in [3.63, 3.8) is 0 Å². The van der Waals surface area contributed by atoms with Crippen molar-refractivity contribution in [2.75, 3.05) is 25.0 Å². The first kappa shape index (κ1) is 13.9. The van der Waals surface area contributed by atoms with Crippen LogP contribution in [0, 0.1) is 0 Å². The lowest BCUT2D eigenvalue weighted by Crippen LogP contribution is -2.37. The molecule has 110 valence electrons. The van der Waals surface area contributed by atoms with Crippen LogP contribution in [0.3, 0.4) is 0 Å². The standard InChI is InChI=1S/C17H26N2O/c1-3-17(20)15-6-4-5-7-16(15)19-11-10-13-8-9-14(12-19)18(13)2/h4-7,13-14,17,20H,3,8-12H2,1-2H3/t13?,14?,17-/m1/s1. The molecule has 0 aliphatic carbocycles. The Balaban J connectivity index is 1.86. The maximum atomic E-state index is 10.3. The summed E-state index contributed by atoms with van der Waals surface area (Å²) < 4.78 is 0. The third kappa shape index (κ3) is 2.45. The van der Waals surface area contributed by atoms with Gasteiger partial charge in [0.05, 0.1) is 6.10 Å². The van der Waals surface area contributed by atoms with E-state index >= 15 is 0 Å². The fourth-order valence-electron chi connectivity index (χ4n) is 3.80. The average Bonchev–Trinajstić information content (AvgIpc) is 2.71. The number of aliphatic hydroxyl groups excluding tert-OH is 1. The quantitative estimate of drug-likeness (QED) is 0.918. The molecule has 2 fully saturated rings. The smallest absolute Gasteiger partial charge is 0.0807 e. The summed E-state index contributed by atoms with van der Waals surface area (Å²) >= 11 is 0. The fraction of sp³-hybridized carbons (Fsp3) is 0.647. The minimum Gasteiger partial charge on any atom is -0.388 e. The van der Waals surface area contributed by atoms with Crippen LogP contribution >= 0.6 is 0 Å². The molecule has 3 nitrogen and oxygen atoms in total. The molecule has 0 amide bonds. The van der Waals surface area contributed by atoms with Crippen molar-refractivity contribution >= 4 is 5.69 Å². The molecule has 0 saturated carbocycles. The average molecular weight is 274 g/mol. The minimum atomic E-state index is -0.343. The van der Waals surface area contributed by atoms with Crippen molar-refractivity contribution < 1.29 is 5.11 Å². The highest BCUT2D eigenvalue weighted by atomic mass is 16.3. The Morgan fingerprint density at radius 1 is 1.20 bits per heavy atom. The van der Waals surface area contributed by atoms with E-state index in [0.717, 1.165) is 31.1 Å². The Bertz CT molecular complexity index is 462. The Hall–Kier alpha value is -1.06. The molecule has 3 atom stereocenters. The molecule has 20 heavy (non-hydrogen) atoms. The molecule has 2 aliphatic rings. The number of nitrogens with zero attached hydrogens (tertiary/aromatic N) is 2. The Kier molecular flexibility index (Phi) is 3.99. The van der Waals surface area contributed by atoms with Gasteiger partial charge < -0.3 is 10.0 Å². The third-order valence-corrected chi connectivity index (χ3v) is 5.17. The first-order valence-corrected chi connectivity index (χ1v) is 7.94. The van der Waals surface area contributed by atoms with Crippen molar-refractivity contribution in [1.82, 2.24) is 4.90 Å². The molecule has 1 aromatic carbocycles. The molecule has 0 spiro atoms. The lowest BCUT2D eigenvalue weighted by atomic mass is 10.0. The van der Waals surface area contributed by atoms with Crippen molar-refractivity contribution in [3.05, 3.63) is 29.8 Å². The molecule has 2 aliphatic heterocycles. The van der Waals surface area contributed by atoms with Crippen LogP contribution in [0.25, 0.3) is 0 Å². The van der Waals surface area contributed by atoms with Crippen LogP contribution in [-0.2, 0) is 0 Å². The van der Waals surface area contributed by atoms with Crippen molar-refractivity contribution in [1.29, 1.82) is 0 Å². The molecule has 3 heteroatoms. The first-order valence-electron chi connectivity index (χ1n) is 7.94. The van der Waals surface area contributed by atoms with Crippen molar-refractivity contribution in [2.45, 2.75) is 50.8 Å². The number of aliphatic hydroxyl groups is 1. The summed E-state index contributed by atoms with van der Waals surface area (Å²) in [6, 6.07) is 9.81. The number of hydrogen-bond acceptors (Lipinski definition) is 3. The maximum Gasteiger partial charge on any atom is 0.0807 e. The van der Waals surface area contributed by atoms with Gasteiger partial charge in [0.15, 0.2) is 0 Å². The van der Waals surface area contributed by atoms with Crippen LogP contribution in [0.2, 0.25) is 0 Å². The SMILES string of the molecule is CC[C@@H](O)c1ccccc1N1CCC2CCC(C1)N2C. The molecule has 3 rings (SSSR count). The van der Waals surface area contributed by atoms with E-state index in [4.69, 9.17) is 0 Å². The van der Waals surface area contributed by atoms with E-state index < -0.39 is 0 Å². The van der Waals surface area contributed by atoms with E-state index in [1.54, 1.807) is 0 Å². The minimum absolute atomic E-state index is 0.343. The van der Waals surface area contributed by atoms with Gasteiger partial charge in [-0.1, -0.05) is 25.1 Å². The molecular weight excluding hydrogens is 248 g/mol. The number of anilines is 1. The second kappa shape index (κ2) is 5.74. The number of rotatable bonds is 3. The van der Waals surface area contributed by atoms with Gasteiger partial charge in [-0.3, -0.25) is 4.90 Å². The van der Waals surface area contributed by atoms with Crippen LogP contribution in [0.15, 0.2) is 24.3 Å². The Morgan fingerprint density at radius 2 is 1.95 bits per heavy atom. The van der Waals surface area contributed by atoms with Gasteiger partial charge in [-0.2, -0.15) is 0 Å². The van der Waals surface area contributed by atoms with Gasteiger partial charge in [0.1, 0.15) is 0 Å². The highest BCUT2D eigenvalue weighted by molar-refractivity contribution is 5.55. The molecule has 1 N–H and O–H groups in total. The van der Waals surface area contributed by atoms with Crippen molar-refractivity contribution in [3.8, 4) is 0 Å². The highest BCUT2D eigenvalue weighted by Gasteiger charge is 2.35. The number of benzene rings is 1. The lowest BCUT2D eigenvalue weighted by molar-refractivity contribution is 0.174. The first-order chi connectivity index (χ1) is 9.70. The van der Waals surface area contributed by atoms with E-state index in [1.165, 1.54) is 24.9 Å². The summed E-state index contributed by atoms with van der Waals surface area (Å²) in [5.74, 6) is 0. The van der Waals surface area contributed by atoms with E-state index in [2.05, 4.69) is 35.0 Å². The van der Waals surface area contributed by atoms with Gasteiger partial charge in [0.25, 0.3) is 0 Å². The molecule has 2 saturated heterocycles. The normalized spacial score (nSPS) is 28.4. The van der Waals surface area contributed by atoms with Crippen LogP contribution in [0.1, 0.15) is 44.3 Å². The molecule has 0 aromatic heterocycles. The summed E-state index contributed by atoms with van der Waals surface area (Å²) in [5, 5.41) is 10.3. The molecule has 2 unspecified atom stereocenters. The fourth-order valence-corrected chi connectivity index (χ4v) is 3.80. The number of fused-ring (bicyclic) bond motifs is 2. The Morgan fingerprint density at radius 3 is 2.75 bits per heavy atom. The summed E-state index contributed by atoms with van der Waals surface area (Å²) in [5.41, 5.74) is 2.33. The van der Waals surface area contributed by atoms with E-state index in [0.29, 0.717) is 6.04 Å². The highest BCUT2D eigenvalue weighted by Crippen LogP contribution is 2.34. The second-order valence-electron chi connectivity index (χ2n) is 6.27. The summed E-state index contributed by atoms with van der Waals surface area (Å²) in [4.78, 5) is 5.06. The zero-order valence-corrected chi connectivity index (χ0v) is 12.6. The summed E-state index contributed by atoms with van der Waals surface area (Å²) in [6.07, 6.45) is 4.34. The van der Waals surface area contributed by atoms with Crippen LogP contribution in [-0.4, -0.2) is 42.2 Å². The van der Waals surface area contributed by atoms with Gasteiger partial charge in [0.2, 0.25) is 0 Å². The van der Waals surface area contributed by atoms with Crippen LogP contribution in [0.5, 0.6) is 0 Å². The predicted octanol–water partition coefficient (Wildman–Crippen LogP) is 2.80. The zero-order valence-electron chi connectivity index (χ0n) is 12.6. The van der Waals surface area contributed by atoms with Gasteiger partial charge in [-0.15, -0.1) is 0 Å². The Labute approximate surface area is 122 Å². The largest absolute Gasteiger partial charge is 0.388 e. The van der Waals surface area contributed by atoms with Gasteiger partial charge >= 0.3 is 0 Å². The van der Waals surface area contributed by atoms with Gasteiger partial charge in [-0.05, 0) is 38.8 Å². The molecule has 2 bridgehead atoms. The molecule has 0 radical (unpaired) electrons. The number of hydrogen-bond donors (Lipinski definition) is 1. The second-order valence-corrected chi connectivity index (χ2v) is 6.27. The topological polar surface area (TPSA) is 26.7 Å². The lowest BCUT2D eigenvalue weighted by Gasteiger charge is -2.30. The summed E-state index contributed by atoms with van der Waals surface area (Å²) in [7, 11) is 2.28. The molecular formula is C17H26N2O. The number of para-hydroxylation sites is 1.